The maximum atomic E-state index is 12.6. The Bertz CT molecular complexity index is 1100. The molecule has 0 spiro atoms. The third-order valence-corrected chi connectivity index (χ3v) is 6.65. The van der Waals surface area contributed by atoms with Gasteiger partial charge in [0, 0.05) is 31.2 Å². The van der Waals surface area contributed by atoms with Crippen molar-refractivity contribution in [2.45, 2.75) is 0 Å². The van der Waals surface area contributed by atoms with Crippen LogP contribution in [-0.2, 0) is 4.79 Å². The Kier molecular flexibility index (Phi) is 6.60. The number of carbonyl (C=O) groups excluding carboxylic acids is 1. The first-order valence-corrected chi connectivity index (χ1v) is 11.2. The standard InChI is InChI=1S/C21H21Cl2N3O4S/c1-28-16-5-6-17-19(20(16)29-2)24-21(31-17)26-9-7-25(8-10-26)18(27)12-30-15-4-3-13(22)11-14(15)23/h3-6,11H,7-10,12H2,1-2H3. The molecule has 0 bridgehead atoms. The van der Waals surface area contributed by atoms with Gasteiger partial charge in [0.25, 0.3) is 5.91 Å². The van der Waals surface area contributed by atoms with E-state index in [0.29, 0.717) is 53.5 Å². The van der Waals surface area contributed by atoms with Gasteiger partial charge < -0.3 is 24.0 Å². The number of aromatic nitrogens is 1. The summed E-state index contributed by atoms with van der Waals surface area (Å²) in [6, 6.07) is 8.79. The smallest absolute Gasteiger partial charge is 0.260 e. The van der Waals surface area contributed by atoms with Crippen molar-refractivity contribution in [3.63, 3.8) is 0 Å². The molecule has 7 nitrogen and oxygen atoms in total. The van der Waals surface area contributed by atoms with Crippen LogP contribution < -0.4 is 19.1 Å². The van der Waals surface area contributed by atoms with Crippen molar-refractivity contribution in [1.29, 1.82) is 0 Å². The zero-order valence-corrected chi connectivity index (χ0v) is 19.4. The summed E-state index contributed by atoms with van der Waals surface area (Å²) in [6.45, 7) is 2.48. The predicted octanol–water partition coefficient (Wildman–Crippen LogP) is 4.35. The quantitative estimate of drug-likeness (QED) is 0.521. The minimum Gasteiger partial charge on any atom is -0.493 e. The van der Waals surface area contributed by atoms with Crippen molar-refractivity contribution in [3.8, 4) is 17.2 Å². The van der Waals surface area contributed by atoms with E-state index in [4.69, 9.17) is 42.4 Å². The fraction of sp³-hybridized carbons (Fsp3) is 0.333. The number of hydrogen-bond donors (Lipinski definition) is 0. The van der Waals surface area contributed by atoms with Gasteiger partial charge >= 0.3 is 0 Å². The molecule has 1 fully saturated rings. The molecule has 1 amide bonds. The van der Waals surface area contributed by atoms with Crippen LogP contribution in [0.4, 0.5) is 5.13 Å². The van der Waals surface area contributed by atoms with Crippen LogP contribution in [0.5, 0.6) is 17.2 Å². The first-order chi connectivity index (χ1) is 15.0. The van der Waals surface area contributed by atoms with Crippen LogP contribution in [0.2, 0.25) is 10.0 Å². The number of methoxy groups -OCH3 is 2. The monoisotopic (exact) mass is 481 g/mol. The minimum atomic E-state index is -0.0821. The summed E-state index contributed by atoms with van der Waals surface area (Å²) in [5.41, 5.74) is 0.786. The summed E-state index contributed by atoms with van der Waals surface area (Å²) in [6.07, 6.45) is 0. The van der Waals surface area contributed by atoms with Gasteiger partial charge in [-0.05, 0) is 30.3 Å². The van der Waals surface area contributed by atoms with Crippen molar-refractivity contribution in [2.24, 2.45) is 0 Å². The first-order valence-electron chi connectivity index (χ1n) is 9.62. The second-order valence-electron chi connectivity index (χ2n) is 6.88. The minimum absolute atomic E-state index is 0.0700. The molecule has 4 rings (SSSR count). The summed E-state index contributed by atoms with van der Waals surface area (Å²) in [4.78, 5) is 21.3. The van der Waals surface area contributed by atoms with E-state index >= 15 is 0 Å². The van der Waals surface area contributed by atoms with E-state index in [1.54, 1.807) is 48.7 Å². The molecule has 2 aromatic carbocycles. The summed E-state index contributed by atoms with van der Waals surface area (Å²) >= 11 is 13.6. The molecule has 164 valence electrons. The van der Waals surface area contributed by atoms with Crippen molar-refractivity contribution in [2.75, 3.05) is 51.9 Å². The number of nitrogens with zero attached hydrogens (tertiary/aromatic N) is 3. The Balaban J connectivity index is 1.37. The highest BCUT2D eigenvalue weighted by molar-refractivity contribution is 7.22. The van der Waals surface area contributed by atoms with Gasteiger partial charge in [0.2, 0.25) is 0 Å². The molecule has 0 saturated carbocycles. The molecule has 0 unspecified atom stereocenters. The van der Waals surface area contributed by atoms with E-state index in [2.05, 4.69) is 4.90 Å². The topological polar surface area (TPSA) is 64.1 Å². The molecule has 1 saturated heterocycles. The van der Waals surface area contributed by atoms with Crippen molar-refractivity contribution >= 4 is 55.8 Å². The van der Waals surface area contributed by atoms with Crippen LogP contribution in [0.25, 0.3) is 10.2 Å². The van der Waals surface area contributed by atoms with E-state index < -0.39 is 0 Å². The molecule has 31 heavy (non-hydrogen) atoms. The van der Waals surface area contributed by atoms with E-state index in [1.165, 1.54) is 0 Å². The number of halogens is 2. The van der Waals surface area contributed by atoms with Crippen LogP contribution in [0.15, 0.2) is 30.3 Å². The molecule has 3 aromatic rings. The molecule has 1 aliphatic heterocycles. The van der Waals surface area contributed by atoms with Crippen LogP contribution in [-0.4, -0.2) is 62.8 Å². The Morgan fingerprint density at radius 2 is 1.81 bits per heavy atom. The molecule has 0 atom stereocenters. The maximum absolute atomic E-state index is 12.6. The van der Waals surface area contributed by atoms with E-state index in [9.17, 15) is 4.79 Å². The van der Waals surface area contributed by atoms with Gasteiger partial charge in [-0.1, -0.05) is 34.5 Å². The number of ether oxygens (including phenoxy) is 3. The van der Waals surface area contributed by atoms with Gasteiger partial charge in [0.05, 0.1) is 23.9 Å². The number of piperazine rings is 1. The van der Waals surface area contributed by atoms with Crippen LogP contribution in [0, 0.1) is 0 Å². The average Bonchev–Trinajstić information content (AvgIpc) is 3.22. The van der Waals surface area contributed by atoms with Crippen LogP contribution in [0.1, 0.15) is 0 Å². The normalized spacial score (nSPS) is 14.1. The zero-order valence-electron chi connectivity index (χ0n) is 17.1. The van der Waals surface area contributed by atoms with Crippen molar-refractivity contribution < 1.29 is 19.0 Å². The first kappa shape index (κ1) is 21.8. The highest BCUT2D eigenvalue weighted by Gasteiger charge is 2.24. The molecule has 0 N–H and O–H groups in total. The zero-order chi connectivity index (χ0) is 22.0. The molecular weight excluding hydrogens is 461 g/mol. The van der Waals surface area contributed by atoms with Gasteiger partial charge in [-0.25, -0.2) is 4.98 Å². The summed E-state index contributed by atoms with van der Waals surface area (Å²) in [5.74, 6) is 1.65. The molecule has 2 heterocycles. The van der Waals surface area contributed by atoms with Crippen molar-refractivity contribution in [3.05, 3.63) is 40.4 Å². The Labute approximate surface area is 194 Å². The lowest BCUT2D eigenvalue weighted by molar-refractivity contribution is -0.133. The van der Waals surface area contributed by atoms with E-state index in [-0.39, 0.29) is 12.5 Å². The molecule has 0 radical (unpaired) electrons. The van der Waals surface area contributed by atoms with Gasteiger partial charge in [-0.3, -0.25) is 4.79 Å². The number of anilines is 1. The second kappa shape index (κ2) is 9.38. The van der Waals surface area contributed by atoms with Crippen LogP contribution >= 0.6 is 34.5 Å². The maximum Gasteiger partial charge on any atom is 0.260 e. The van der Waals surface area contributed by atoms with Crippen molar-refractivity contribution in [1.82, 2.24) is 9.88 Å². The van der Waals surface area contributed by atoms with Gasteiger partial charge in [-0.15, -0.1) is 0 Å². The molecule has 1 aromatic heterocycles. The van der Waals surface area contributed by atoms with E-state index in [0.717, 1.165) is 15.3 Å². The lowest BCUT2D eigenvalue weighted by Gasteiger charge is -2.34. The number of carbonyl (C=O) groups is 1. The fourth-order valence-electron chi connectivity index (χ4n) is 3.40. The Hall–Kier alpha value is -2.42. The number of benzene rings is 2. The number of thiazole rings is 1. The molecule has 10 heteroatoms. The Morgan fingerprint density at radius 3 is 2.48 bits per heavy atom. The highest BCUT2D eigenvalue weighted by atomic mass is 35.5. The summed E-state index contributed by atoms with van der Waals surface area (Å²) in [5, 5.41) is 1.80. The SMILES string of the molecule is COc1ccc2sc(N3CCN(C(=O)COc4ccc(Cl)cc4Cl)CC3)nc2c1OC. The lowest BCUT2D eigenvalue weighted by atomic mass is 10.3. The van der Waals surface area contributed by atoms with Crippen LogP contribution in [0.3, 0.4) is 0 Å². The highest BCUT2D eigenvalue weighted by Crippen LogP contribution is 2.40. The van der Waals surface area contributed by atoms with Gasteiger partial charge in [0.1, 0.15) is 11.3 Å². The molecule has 1 aliphatic rings. The molecular formula is C21H21Cl2N3O4S. The number of rotatable bonds is 6. The van der Waals surface area contributed by atoms with Gasteiger partial charge in [0.15, 0.2) is 23.2 Å². The third-order valence-electron chi connectivity index (χ3n) is 5.04. The summed E-state index contributed by atoms with van der Waals surface area (Å²) < 4.78 is 17.5. The fourth-order valence-corrected chi connectivity index (χ4v) is 4.88. The lowest BCUT2D eigenvalue weighted by Crippen LogP contribution is -2.50. The van der Waals surface area contributed by atoms with E-state index in [1.807, 2.05) is 12.1 Å². The summed E-state index contributed by atoms with van der Waals surface area (Å²) in [7, 11) is 3.22. The number of fused-ring (bicyclic) bond motifs is 1. The van der Waals surface area contributed by atoms with Gasteiger partial charge in [-0.2, -0.15) is 0 Å². The number of hydrogen-bond acceptors (Lipinski definition) is 7. The molecule has 0 aliphatic carbocycles. The average molecular weight is 482 g/mol. The predicted molar refractivity (Wildman–Crippen MR) is 123 cm³/mol. The second-order valence-corrected chi connectivity index (χ2v) is 8.73. The third kappa shape index (κ3) is 4.61. The number of amides is 1. The Morgan fingerprint density at radius 1 is 1.06 bits per heavy atom. The largest absolute Gasteiger partial charge is 0.493 e.